The summed E-state index contributed by atoms with van der Waals surface area (Å²) in [7, 11) is 0. The van der Waals surface area contributed by atoms with Crippen molar-refractivity contribution < 1.29 is 4.79 Å². The number of amides is 1. The van der Waals surface area contributed by atoms with Crippen LogP contribution in [0.1, 0.15) is 32.1 Å². The second-order valence-corrected chi connectivity index (χ2v) is 8.22. The van der Waals surface area contributed by atoms with Crippen LogP contribution >= 0.6 is 11.8 Å². The number of rotatable bonds is 9. The minimum absolute atomic E-state index is 0.242. The Kier molecular flexibility index (Phi) is 8.25. The molecule has 0 aliphatic carbocycles. The predicted molar refractivity (Wildman–Crippen MR) is 115 cm³/mol. The number of carbonyl (C=O) groups excluding carboxylic acids is 1. The van der Waals surface area contributed by atoms with E-state index in [2.05, 4.69) is 29.2 Å². The highest BCUT2D eigenvalue weighted by molar-refractivity contribution is 7.99. The lowest BCUT2D eigenvalue weighted by Gasteiger charge is -2.27. The Bertz CT molecular complexity index is 671. The molecule has 0 radical (unpaired) electrons. The zero-order valence-electron chi connectivity index (χ0n) is 16.1. The Labute approximate surface area is 167 Å². The van der Waals surface area contributed by atoms with Crippen LogP contribution in [0, 0.1) is 0 Å². The van der Waals surface area contributed by atoms with Gasteiger partial charge in [0.05, 0.1) is 0 Å². The largest absolute Gasteiger partial charge is 0.312 e. The number of para-hydroxylation sites is 1. The van der Waals surface area contributed by atoms with Crippen LogP contribution in [0.25, 0.3) is 0 Å². The molecule has 1 amide bonds. The molecule has 2 aromatic carbocycles. The first-order chi connectivity index (χ1) is 13.3. The monoisotopic (exact) mass is 382 g/mol. The van der Waals surface area contributed by atoms with Gasteiger partial charge in [0.1, 0.15) is 0 Å². The molecule has 0 N–H and O–H groups in total. The molecule has 0 saturated carbocycles. The zero-order chi connectivity index (χ0) is 18.7. The number of nitrogens with zero attached hydrogens (tertiary/aromatic N) is 2. The van der Waals surface area contributed by atoms with Crippen molar-refractivity contribution in [3.05, 3.63) is 60.7 Å². The van der Waals surface area contributed by atoms with E-state index in [1.165, 1.54) is 37.2 Å². The lowest BCUT2D eigenvalue weighted by Crippen LogP contribution is -2.34. The van der Waals surface area contributed by atoms with E-state index in [4.69, 9.17) is 0 Å². The van der Waals surface area contributed by atoms with Gasteiger partial charge in [-0.1, -0.05) is 42.8 Å². The maximum Gasteiger partial charge on any atom is 0.227 e. The highest BCUT2D eigenvalue weighted by Crippen LogP contribution is 2.20. The molecular weight excluding hydrogens is 352 g/mol. The van der Waals surface area contributed by atoms with Gasteiger partial charge < -0.3 is 9.80 Å². The summed E-state index contributed by atoms with van der Waals surface area (Å²) >= 11 is 1.81. The topological polar surface area (TPSA) is 23.6 Å². The Balaban J connectivity index is 1.51. The van der Waals surface area contributed by atoms with Gasteiger partial charge in [-0.25, -0.2) is 0 Å². The van der Waals surface area contributed by atoms with Gasteiger partial charge in [-0.2, -0.15) is 0 Å². The molecule has 3 rings (SSSR count). The first kappa shape index (κ1) is 20.0. The summed E-state index contributed by atoms with van der Waals surface area (Å²) in [4.78, 5) is 18.7. The highest BCUT2D eigenvalue weighted by atomic mass is 32.2. The third-order valence-electron chi connectivity index (χ3n) is 5.01. The van der Waals surface area contributed by atoms with Crippen molar-refractivity contribution in [1.29, 1.82) is 0 Å². The van der Waals surface area contributed by atoms with E-state index in [-0.39, 0.29) is 5.91 Å². The van der Waals surface area contributed by atoms with Gasteiger partial charge in [0.25, 0.3) is 0 Å². The predicted octanol–water partition coefficient (Wildman–Crippen LogP) is 5.08. The van der Waals surface area contributed by atoms with E-state index in [1.807, 2.05) is 41.3 Å². The summed E-state index contributed by atoms with van der Waals surface area (Å²) < 4.78 is 0. The molecule has 1 saturated heterocycles. The minimum Gasteiger partial charge on any atom is -0.312 e. The lowest BCUT2D eigenvalue weighted by atomic mass is 10.1. The van der Waals surface area contributed by atoms with Crippen LogP contribution in [0.5, 0.6) is 0 Å². The molecule has 2 aromatic rings. The molecule has 0 aromatic heterocycles. The number of anilines is 1. The summed E-state index contributed by atoms with van der Waals surface area (Å²) in [6.45, 7) is 4.19. The second kappa shape index (κ2) is 11.2. The Morgan fingerprint density at radius 3 is 2.30 bits per heavy atom. The van der Waals surface area contributed by atoms with E-state index in [1.54, 1.807) is 11.8 Å². The second-order valence-electron chi connectivity index (χ2n) is 7.05. The summed E-state index contributed by atoms with van der Waals surface area (Å²) in [5.74, 6) is 1.14. The van der Waals surface area contributed by atoms with Crippen LogP contribution in [0.4, 0.5) is 5.69 Å². The summed E-state index contributed by atoms with van der Waals surface area (Å²) in [6, 6.07) is 20.5. The van der Waals surface area contributed by atoms with Gasteiger partial charge in [-0.05, 0) is 63.2 Å². The molecule has 4 heteroatoms. The summed E-state index contributed by atoms with van der Waals surface area (Å²) in [6.07, 6.45) is 5.55. The first-order valence-electron chi connectivity index (χ1n) is 10.1. The SMILES string of the molecule is O=C(CCCN1CCCCC1)N(CCSc1ccccc1)c1ccccc1. The maximum atomic E-state index is 12.9. The molecule has 1 heterocycles. The molecule has 27 heavy (non-hydrogen) atoms. The van der Waals surface area contributed by atoms with E-state index < -0.39 is 0 Å². The Hall–Kier alpha value is -1.78. The highest BCUT2D eigenvalue weighted by Gasteiger charge is 2.16. The lowest BCUT2D eigenvalue weighted by molar-refractivity contribution is -0.118. The van der Waals surface area contributed by atoms with Gasteiger partial charge in [0.2, 0.25) is 5.91 Å². The van der Waals surface area contributed by atoms with Crippen LogP contribution in [0.2, 0.25) is 0 Å². The fraction of sp³-hybridized carbons (Fsp3) is 0.435. The molecule has 0 unspecified atom stereocenters. The van der Waals surface area contributed by atoms with Gasteiger partial charge in [-0.3, -0.25) is 4.79 Å². The molecule has 0 bridgehead atoms. The van der Waals surface area contributed by atoms with Crippen molar-refractivity contribution in [2.75, 3.05) is 36.8 Å². The van der Waals surface area contributed by atoms with Gasteiger partial charge in [-0.15, -0.1) is 11.8 Å². The van der Waals surface area contributed by atoms with E-state index in [9.17, 15) is 4.79 Å². The van der Waals surface area contributed by atoms with Gasteiger partial charge in [0, 0.05) is 29.3 Å². The third kappa shape index (κ3) is 6.71. The molecule has 1 fully saturated rings. The standard InChI is InChI=1S/C23H30N2OS/c26-23(15-10-18-24-16-8-3-9-17-24)25(21-11-4-1-5-12-21)19-20-27-22-13-6-2-7-14-22/h1-2,4-7,11-14H,3,8-10,15-20H2. The van der Waals surface area contributed by atoms with Crippen LogP contribution in [-0.2, 0) is 4.79 Å². The normalized spacial score (nSPS) is 14.8. The van der Waals surface area contributed by atoms with Crippen molar-refractivity contribution in [3.63, 3.8) is 0 Å². The molecule has 0 atom stereocenters. The number of hydrogen-bond acceptors (Lipinski definition) is 3. The Morgan fingerprint density at radius 2 is 1.59 bits per heavy atom. The number of benzene rings is 2. The molecule has 3 nitrogen and oxygen atoms in total. The maximum absolute atomic E-state index is 12.9. The van der Waals surface area contributed by atoms with Crippen molar-refractivity contribution in [1.82, 2.24) is 4.90 Å². The number of piperidine rings is 1. The van der Waals surface area contributed by atoms with E-state index in [0.717, 1.165) is 31.0 Å². The molecule has 144 valence electrons. The van der Waals surface area contributed by atoms with Crippen molar-refractivity contribution in [3.8, 4) is 0 Å². The first-order valence-corrected chi connectivity index (χ1v) is 11.1. The van der Waals surface area contributed by atoms with Crippen molar-refractivity contribution in [2.45, 2.75) is 37.0 Å². The van der Waals surface area contributed by atoms with Crippen molar-refractivity contribution >= 4 is 23.4 Å². The fourth-order valence-corrected chi connectivity index (χ4v) is 4.41. The van der Waals surface area contributed by atoms with Crippen LogP contribution in [0.15, 0.2) is 65.6 Å². The molecule has 0 spiro atoms. The average Bonchev–Trinajstić information content (AvgIpc) is 2.73. The zero-order valence-corrected chi connectivity index (χ0v) is 16.9. The fourth-order valence-electron chi connectivity index (χ4n) is 3.55. The van der Waals surface area contributed by atoms with E-state index >= 15 is 0 Å². The van der Waals surface area contributed by atoms with Crippen LogP contribution < -0.4 is 4.90 Å². The summed E-state index contributed by atoms with van der Waals surface area (Å²) in [5, 5.41) is 0. The number of carbonyl (C=O) groups is 1. The molecule has 1 aliphatic heterocycles. The van der Waals surface area contributed by atoms with E-state index in [0.29, 0.717) is 6.42 Å². The van der Waals surface area contributed by atoms with Crippen LogP contribution in [0.3, 0.4) is 0 Å². The number of hydrogen-bond donors (Lipinski definition) is 0. The Morgan fingerprint density at radius 1 is 0.926 bits per heavy atom. The van der Waals surface area contributed by atoms with Crippen LogP contribution in [-0.4, -0.2) is 42.7 Å². The summed E-state index contributed by atoms with van der Waals surface area (Å²) in [5.41, 5.74) is 1.01. The van der Waals surface area contributed by atoms with Gasteiger partial charge in [0.15, 0.2) is 0 Å². The number of thioether (sulfide) groups is 1. The smallest absolute Gasteiger partial charge is 0.227 e. The van der Waals surface area contributed by atoms with Crippen molar-refractivity contribution in [2.24, 2.45) is 0 Å². The quantitative estimate of drug-likeness (QED) is 0.565. The number of likely N-dealkylation sites (tertiary alicyclic amines) is 1. The third-order valence-corrected chi connectivity index (χ3v) is 6.00. The molecular formula is C23H30N2OS. The minimum atomic E-state index is 0.242. The average molecular weight is 383 g/mol. The van der Waals surface area contributed by atoms with Gasteiger partial charge >= 0.3 is 0 Å². The molecule has 1 aliphatic rings.